The number of nitrogens with zero attached hydrogens (tertiary/aromatic N) is 3. The number of guanidine groups is 1. The van der Waals surface area contributed by atoms with Gasteiger partial charge in [0.1, 0.15) is 0 Å². The number of hydrogen-bond donors (Lipinski definition) is 2. The Balaban J connectivity index is 1.71. The fourth-order valence-corrected chi connectivity index (χ4v) is 3.16. The fraction of sp³-hybridized carbons (Fsp3) is 0.579. The number of rotatable bonds is 7. The molecule has 1 fully saturated rings. The van der Waals surface area contributed by atoms with E-state index in [1.807, 2.05) is 23.1 Å². The standard InChI is InChI=1S/C19H30ClN5O/c1-3-21-19(22-8-7-17-5-4-6-18(20)15-17)23-9-10-24-11-13-25(14-12-24)16(2)26/h4-6,15H,3,7-14H2,1-2H3,(H2,21,22,23). The number of nitrogens with one attached hydrogen (secondary N) is 2. The molecule has 0 aliphatic carbocycles. The summed E-state index contributed by atoms with van der Waals surface area (Å²) in [4.78, 5) is 20.3. The van der Waals surface area contributed by atoms with E-state index in [0.29, 0.717) is 0 Å². The summed E-state index contributed by atoms with van der Waals surface area (Å²) in [5.74, 6) is 1.01. The third-order valence-corrected chi connectivity index (χ3v) is 4.68. The van der Waals surface area contributed by atoms with Crippen LogP contribution in [-0.4, -0.2) is 74.0 Å². The molecule has 26 heavy (non-hydrogen) atoms. The molecule has 0 aromatic heterocycles. The third-order valence-electron chi connectivity index (χ3n) is 4.44. The van der Waals surface area contributed by atoms with Crippen LogP contribution < -0.4 is 10.6 Å². The summed E-state index contributed by atoms with van der Waals surface area (Å²) in [6.07, 6.45) is 0.901. The smallest absolute Gasteiger partial charge is 0.219 e. The van der Waals surface area contributed by atoms with Crippen LogP contribution in [0.15, 0.2) is 29.3 Å². The Morgan fingerprint density at radius 2 is 2.00 bits per heavy atom. The van der Waals surface area contributed by atoms with Gasteiger partial charge in [-0.15, -0.1) is 0 Å². The van der Waals surface area contributed by atoms with Crippen LogP contribution in [0.3, 0.4) is 0 Å². The minimum atomic E-state index is 0.168. The summed E-state index contributed by atoms with van der Waals surface area (Å²) in [6, 6.07) is 7.94. The Hall–Kier alpha value is -1.79. The van der Waals surface area contributed by atoms with Crippen molar-refractivity contribution in [3.05, 3.63) is 34.9 Å². The maximum absolute atomic E-state index is 11.4. The van der Waals surface area contributed by atoms with Crippen LogP contribution in [0.4, 0.5) is 0 Å². The molecule has 0 radical (unpaired) electrons. The zero-order valence-corrected chi connectivity index (χ0v) is 16.6. The van der Waals surface area contributed by atoms with Gasteiger partial charge in [0.15, 0.2) is 5.96 Å². The number of carbonyl (C=O) groups is 1. The summed E-state index contributed by atoms with van der Waals surface area (Å²) < 4.78 is 0. The van der Waals surface area contributed by atoms with Crippen LogP contribution >= 0.6 is 11.6 Å². The zero-order valence-electron chi connectivity index (χ0n) is 15.8. The second kappa shape index (κ2) is 11.0. The van der Waals surface area contributed by atoms with E-state index in [1.165, 1.54) is 5.56 Å². The van der Waals surface area contributed by atoms with Gasteiger partial charge in [-0.1, -0.05) is 23.7 Å². The molecule has 1 aromatic rings. The number of carbonyl (C=O) groups excluding carboxylic acids is 1. The quantitative estimate of drug-likeness (QED) is 0.558. The molecule has 0 spiro atoms. The van der Waals surface area contributed by atoms with Gasteiger partial charge in [0.2, 0.25) is 5.91 Å². The van der Waals surface area contributed by atoms with E-state index < -0.39 is 0 Å². The predicted molar refractivity (Wildman–Crippen MR) is 108 cm³/mol. The largest absolute Gasteiger partial charge is 0.357 e. The molecular formula is C19H30ClN5O. The normalized spacial score (nSPS) is 15.8. The van der Waals surface area contributed by atoms with Crippen molar-refractivity contribution in [2.45, 2.75) is 20.3 Å². The number of benzene rings is 1. The molecule has 0 unspecified atom stereocenters. The van der Waals surface area contributed by atoms with Gasteiger partial charge in [0.05, 0.1) is 6.54 Å². The van der Waals surface area contributed by atoms with Crippen LogP contribution in [0.1, 0.15) is 19.4 Å². The molecule has 0 bridgehead atoms. The Bertz CT molecular complexity index is 599. The van der Waals surface area contributed by atoms with E-state index in [1.54, 1.807) is 6.92 Å². The Labute approximate surface area is 161 Å². The van der Waals surface area contributed by atoms with E-state index in [9.17, 15) is 4.79 Å². The first-order valence-electron chi connectivity index (χ1n) is 9.33. The minimum Gasteiger partial charge on any atom is -0.357 e. The van der Waals surface area contributed by atoms with Crippen molar-refractivity contribution < 1.29 is 4.79 Å². The monoisotopic (exact) mass is 379 g/mol. The lowest BCUT2D eigenvalue weighted by Gasteiger charge is -2.33. The summed E-state index contributed by atoms with van der Waals surface area (Å²) in [6.45, 7) is 10.5. The van der Waals surface area contributed by atoms with Gasteiger partial charge in [-0.05, 0) is 31.0 Å². The summed E-state index contributed by atoms with van der Waals surface area (Å²) >= 11 is 6.02. The van der Waals surface area contributed by atoms with Gasteiger partial charge >= 0.3 is 0 Å². The molecule has 1 aliphatic heterocycles. The molecule has 0 saturated carbocycles. The number of amides is 1. The highest BCUT2D eigenvalue weighted by atomic mass is 35.5. The van der Waals surface area contributed by atoms with Gasteiger partial charge in [-0.2, -0.15) is 0 Å². The highest BCUT2D eigenvalue weighted by Gasteiger charge is 2.17. The Morgan fingerprint density at radius 1 is 1.23 bits per heavy atom. The van der Waals surface area contributed by atoms with E-state index in [0.717, 1.165) is 69.8 Å². The summed E-state index contributed by atoms with van der Waals surface area (Å²) in [7, 11) is 0. The zero-order chi connectivity index (χ0) is 18.8. The molecule has 2 rings (SSSR count). The van der Waals surface area contributed by atoms with Gasteiger partial charge in [-0.3, -0.25) is 14.7 Å². The summed E-state index contributed by atoms with van der Waals surface area (Å²) in [5, 5.41) is 7.43. The van der Waals surface area contributed by atoms with E-state index in [4.69, 9.17) is 11.6 Å². The second-order valence-corrected chi connectivity index (χ2v) is 6.85. The molecule has 7 heteroatoms. The van der Waals surface area contributed by atoms with Crippen molar-refractivity contribution in [1.29, 1.82) is 0 Å². The highest BCUT2D eigenvalue weighted by Crippen LogP contribution is 2.10. The minimum absolute atomic E-state index is 0.168. The Kier molecular flexibility index (Phi) is 8.71. The molecule has 144 valence electrons. The third kappa shape index (κ3) is 7.22. The van der Waals surface area contributed by atoms with Crippen molar-refractivity contribution in [3.63, 3.8) is 0 Å². The second-order valence-electron chi connectivity index (χ2n) is 6.42. The molecular weight excluding hydrogens is 350 g/mol. The maximum Gasteiger partial charge on any atom is 0.219 e. The fourth-order valence-electron chi connectivity index (χ4n) is 2.95. The molecule has 1 aliphatic rings. The lowest BCUT2D eigenvalue weighted by Crippen LogP contribution is -2.48. The molecule has 0 atom stereocenters. The lowest BCUT2D eigenvalue weighted by atomic mass is 10.1. The number of halogens is 1. The Morgan fingerprint density at radius 3 is 2.65 bits per heavy atom. The van der Waals surface area contributed by atoms with Crippen LogP contribution in [-0.2, 0) is 11.2 Å². The van der Waals surface area contributed by atoms with Crippen LogP contribution in [0, 0.1) is 0 Å². The van der Waals surface area contributed by atoms with E-state index in [-0.39, 0.29) is 5.91 Å². The van der Waals surface area contributed by atoms with Crippen molar-refractivity contribution in [2.75, 3.05) is 52.4 Å². The number of piperazine rings is 1. The first kappa shape index (κ1) is 20.5. The van der Waals surface area contributed by atoms with Gasteiger partial charge < -0.3 is 15.5 Å². The summed E-state index contributed by atoms with van der Waals surface area (Å²) in [5.41, 5.74) is 1.21. The molecule has 2 N–H and O–H groups in total. The van der Waals surface area contributed by atoms with E-state index in [2.05, 4.69) is 33.5 Å². The van der Waals surface area contributed by atoms with Crippen molar-refractivity contribution >= 4 is 23.5 Å². The van der Waals surface area contributed by atoms with E-state index >= 15 is 0 Å². The number of aliphatic imine (C=N–C) groups is 1. The van der Waals surface area contributed by atoms with Gasteiger partial charge in [0.25, 0.3) is 0 Å². The molecule has 1 aromatic carbocycles. The van der Waals surface area contributed by atoms with Gasteiger partial charge in [0, 0.05) is 57.8 Å². The molecule has 1 heterocycles. The molecule has 6 nitrogen and oxygen atoms in total. The first-order chi connectivity index (χ1) is 12.6. The van der Waals surface area contributed by atoms with Crippen LogP contribution in [0.2, 0.25) is 5.02 Å². The molecule has 1 saturated heterocycles. The number of hydrogen-bond acceptors (Lipinski definition) is 3. The van der Waals surface area contributed by atoms with Gasteiger partial charge in [-0.25, -0.2) is 0 Å². The van der Waals surface area contributed by atoms with Crippen molar-refractivity contribution in [3.8, 4) is 0 Å². The topological polar surface area (TPSA) is 60.0 Å². The first-order valence-corrected chi connectivity index (χ1v) is 9.70. The average molecular weight is 380 g/mol. The SMILES string of the molecule is CCNC(=NCCN1CCN(C(C)=O)CC1)NCCc1cccc(Cl)c1. The average Bonchev–Trinajstić information content (AvgIpc) is 2.62. The highest BCUT2D eigenvalue weighted by molar-refractivity contribution is 6.30. The predicted octanol–water partition coefficient (Wildman–Crippen LogP) is 1.60. The molecule has 1 amide bonds. The van der Waals surface area contributed by atoms with Crippen LogP contribution in [0.5, 0.6) is 0 Å². The van der Waals surface area contributed by atoms with Crippen molar-refractivity contribution in [2.24, 2.45) is 4.99 Å². The lowest BCUT2D eigenvalue weighted by molar-refractivity contribution is -0.130. The van der Waals surface area contributed by atoms with Crippen LogP contribution in [0.25, 0.3) is 0 Å². The van der Waals surface area contributed by atoms with Crippen molar-refractivity contribution in [1.82, 2.24) is 20.4 Å². The maximum atomic E-state index is 11.4.